The molecule has 3 rings (SSSR count). The third-order valence-electron chi connectivity index (χ3n) is 3.80. The number of hydrogen-bond acceptors (Lipinski definition) is 7. The Bertz CT molecular complexity index is 1080. The predicted molar refractivity (Wildman–Crippen MR) is 105 cm³/mol. The van der Waals surface area contributed by atoms with E-state index < -0.39 is 17.7 Å². The number of carbonyl (C=O) groups is 1. The maximum absolute atomic E-state index is 13.8. The number of halogens is 2. The number of carbonyl (C=O) groups excluding carboxylic acids is 1. The fourth-order valence-corrected chi connectivity index (χ4v) is 3.88. The van der Waals surface area contributed by atoms with Crippen LogP contribution in [-0.4, -0.2) is 26.4 Å². The summed E-state index contributed by atoms with van der Waals surface area (Å²) in [4.78, 5) is 12.1. The van der Waals surface area contributed by atoms with E-state index in [1.165, 1.54) is 17.4 Å². The van der Waals surface area contributed by atoms with Gasteiger partial charge in [0.2, 0.25) is 5.91 Å². The topological polar surface area (TPSA) is 92.8 Å². The minimum Gasteiger partial charge on any atom is -0.480 e. The molecule has 0 saturated carbocycles. The first-order valence-electron chi connectivity index (χ1n) is 8.30. The van der Waals surface area contributed by atoms with Gasteiger partial charge in [-0.25, -0.2) is 8.78 Å². The van der Waals surface area contributed by atoms with Crippen molar-refractivity contribution in [1.29, 1.82) is 5.26 Å². The molecule has 1 unspecified atom stereocenters. The predicted octanol–water partition coefficient (Wildman–Crippen LogP) is 3.90. The minimum absolute atomic E-state index is 0.0660. The van der Waals surface area contributed by atoms with Crippen molar-refractivity contribution >= 4 is 34.0 Å². The summed E-state index contributed by atoms with van der Waals surface area (Å²) >= 11 is 2.43. The molecule has 0 spiro atoms. The lowest BCUT2D eigenvalue weighted by Crippen LogP contribution is -2.14. The van der Waals surface area contributed by atoms with Crippen LogP contribution in [0.4, 0.5) is 13.8 Å². The zero-order valence-electron chi connectivity index (χ0n) is 15.3. The molecule has 0 fully saturated rings. The third kappa shape index (κ3) is 4.90. The summed E-state index contributed by atoms with van der Waals surface area (Å²) < 4.78 is 33.9. The molecule has 2 aromatic heterocycles. The molecule has 3 aromatic rings. The molecule has 11 heteroatoms. The van der Waals surface area contributed by atoms with E-state index in [4.69, 9.17) is 10.00 Å². The molecule has 1 atom stereocenters. The Morgan fingerprint density at radius 1 is 1.41 bits per heavy atom. The molecule has 0 aliphatic heterocycles. The van der Waals surface area contributed by atoms with Gasteiger partial charge in [-0.2, -0.15) is 5.26 Å². The lowest BCUT2D eigenvalue weighted by Gasteiger charge is -2.14. The first-order valence-corrected chi connectivity index (χ1v) is 10.2. The van der Waals surface area contributed by atoms with Crippen molar-refractivity contribution in [2.75, 3.05) is 11.1 Å². The van der Waals surface area contributed by atoms with E-state index in [1.807, 2.05) is 6.07 Å². The van der Waals surface area contributed by atoms with Crippen LogP contribution < -0.4 is 10.1 Å². The van der Waals surface area contributed by atoms with Crippen LogP contribution in [0.2, 0.25) is 0 Å². The van der Waals surface area contributed by atoms with Crippen molar-refractivity contribution in [2.45, 2.75) is 18.2 Å². The van der Waals surface area contributed by atoms with Crippen molar-refractivity contribution in [3.05, 3.63) is 52.7 Å². The molecule has 1 amide bonds. The number of thiophene rings is 1. The standard InChI is InChI=1S/C18H15F2N5O2S2/c1-10(27-14-4-3-12(19)7-13(14)20)16-23-24-18(25(16)2)29-9-15(26)22-17-11(8-21)5-6-28-17/h3-7,10H,9H2,1-2H3,(H,22,26). The van der Waals surface area contributed by atoms with Gasteiger partial charge in [0, 0.05) is 13.1 Å². The summed E-state index contributed by atoms with van der Waals surface area (Å²) in [6, 6.07) is 6.69. The smallest absolute Gasteiger partial charge is 0.235 e. The van der Waals surface area contributed by atoms with Gasteiger partial charge in [0.15, 0.2) is 28.7 Å². The Morgan fingerprint density at radius 3 is 2.93 bits per heavy atom. The minimum atomic E-state index is -0.810. The molecular weight excluding hydrogens is 420 g/mol. The average molecular weight is 435 g/mol. The number of hydrogen-bond donors (Lipinski definition) is 1. The molecule has 7 nitrogen and oxygen atoms in total. The molecule has 0 saturated heterocycles. The van der Waals surface area contributed by atoms with Crippen LogP contribution >= 0.6 is 23.1 Å². The molecule has 0 aliphatic carbocycles. The Kier molecular flexibility index (Phi) is 6.46. The zero-order chi connectivity index (χ0) is 21.0. The maximum atomic E-state index is 13.8. The summed E-state index contributed by atoms with van der Waals surface area (Å²) in [6.45, 7) is 1.66. The second kappa shape index (κ2) is 9.02. The number of benzene rings is 1. The van der Waals surface area contributed by atoms with E-state index in [9.17, 15) is 13.6 Å². The van der Waals surface area contributed by atoms with Crippen LogP contribution in [-0.2, 0) is 11.8 Å². The van der Waals surface area contributed by atoms with Gasteiger partial charge in [0.1, 0.15) is 16.9 Å². The number of aromatic nitrogens is 3. The van der Waals surface area contributed by atoms with Crippen LogP contribution in [0.25, 0.3) is 0 Å². The van der Waals surface area contributed by atoms with Gasteiger partial charge in [-0.1, -0.05) is 11.8 Å². The van der Waals surface area contributed by atoms with Gasteiger partial charge >= 0.3 is 0 Å². The Labute approximate surface area is 173 Å². The number of rotatable bonds is 7. The molecule has 0 aliphatic rings. The van der Waals surface area contributed by atoms with Gasteiger partial charge in [-0.3, -0.25) is 4.79 Å². The summed E-state index contributed by atoms with van der Waals surface area (Å²) in [6.07, 6.45) is -0.653. The maximum Gasteiger partial charge on any atom is 0.235 e. The molecule has 0 bridgehead atoms. The highest BCUT2D eigenvalue weighted by molar-refractivity contribution is 7.99. The van der Waals surface area contributed by atoms with Gasteiger partial charge < -0.3 is 14.6 Å². The van der Waals surface area contributed by atoms with E-state index in [0.717, 1.165) is 23.9 Å². The van der Waals surface area contributed by atoms with E-state index >= 15 is 0 Å². The first-order chi connectivity index (χ1) is 13.9. The average Bonchev–Trinajstić information content (AvgIpc) is 3.28. The van der Waals surface area contributed by atoms with Crippen molar-refractivity contribution in [2.24, 2.45) is 7.05 Å². The van der Waals surface area contributed by atoms with E-state index in [0.29, 0.717) is 21.5 Å². The van der Waals surface area contributed by atoms with E-state index in [2.05, 4.69) is 15.5 Å². The Balaban J connectivity index is 1.61. The molecule has 1 aromatic carbocycles. The SMILES string of the molecule is CC(Oc1ccc(F)cc1F)c1nnc(SCC(=O)Nc2sccc2C#N)n1C. The fourth-order valence-electron chi connectivity index (χ4n) is 2.41. The molecule has 1 N–H and O–H groups in total. The van der Waals surface area contributed by atoms with Gasteiger partial charge in [-0.15, -0.1) is 21.5 Å². The van der Waals surface area contributed by atoms with Crippen LogP contribution in [0.15, 0.2) is 34.8 Å². The Morgan fingerprint density at radius 2 is 2.21 bits per heavy atom. The molecule has 29 heavy (non-hydrogen) atoms. The highest BCUT2D eigenvalue weighted by Crippen LogP contribution is 2.26. The second-order valence-electron chi connectivity index (χ2n) is 5.85. The van der Waals surface area contributed by atoms with Crippen LogP contribution in [0, 0.1) is 23.0 Å². The van der Waals surface area contributed by atoms with Crippen molar-refractivity contribution in [3.63, 3.8) is 0 Å². The number of amides is 1. The monoisotopic (exact) mass is 435 g/mol. The molecule has 2 heterocycles. The lowest BCUT2D eigenvalue weighted by molar-refractivity contribution is -0.113. The number of nitrogens with one attached hydrogen (secondary N) is 1. The Hall–Kier alpha value is -2.97. The summed E-state index contributed by atoms with van der Waals surface area (Å²) in [7, 11) is 1.70. The zero-order valence-corrected chi connectivity index (χ0v) is 17.0. The summed E-state index contributed by atoms with van der Waals surface area (Å²) in [5, 5.41) is 22.4. The first kappa shape index (κ1) is 20.8. The normalized spacial score (nSPS) is 11.7. The largest absolute Gasteiger partial charge is 0.480 e. The lowest BCUT2D eigenvalue weighted by atomic mass is 10.3. The van der Waals surface area contributed by atoms with Crippen LogP contribution in [0.3, 0.4) is 0 Å². The van der Waals surface area contributed by atoms with E-state index in [1.54, 1.807) is 30.0 Å². The number of nitriles is 1. The van der Waals surface area contributed by atoms with Crippen LogP contribution in [0.5, 0.6) is 5.75 Å². The van der Waals surface area contributed by atoms with Crippen molar-refractivity contribution < 1.29 is 18.3 Å². The van der Waals surface area contributed by atoms with Crippen molar-refractivity contribution in [3.8, 4) is 11.8 Å². The number of thioether (sulfide) groups is 1. The van der Waals surface area contributed by atoms with Crippen molar-refractivity contribution in [1.82, 2.24) is 14.8 Å². The van der Waals surface area contributed by atoms with Gasteiger partial charge in [0.25, 0.3) is 0 Å². The second-order valence-corrected chi connectivity index (χ2v) is 7.71. The van der Waals surface area contributed by atoms with Gasteiger partial charge in [0.05, 0.1) is 11.3 Å². The number of anilines is 1. The molecule has 0 radical (unpaired) electrons. The highest BCUT2D eigenvalue weighted by atomic mass is 32.2. The summed E-state index contributed by atoms with van der Waals surface area (Å²) in [5.41, 5.74) is 0.410. The highest BCUT2D eigenvalue weighted by Gasteiger charge is 2.19. The van der Waals surface area contributed by atoms with Crippen LogP contribution in [0.1, 0.15) is 24.4 Å². The number of ether oxygens (including phenoxy) is 1. The van der Waals surface area contributed by atoms with Gasteiger partial charge in [-0.05, 0) is 30.5 Å². The quantitative estimate of drug-likeness (QED) is 0.566. The molecule has 150 valence electrons. The summed E-state index contributed by atoms with van der Waals surface area (Å²) in [5.74, 6) is -1.40. The molecular formula is C18H15F2N5O2S2. The third-order valence-corrected chi connectivity index (χ3v) is 5.65. The number of nitrogens with zero attached hydrogens (tertiary/aromatic N) is 4. The fraction of sp³-hybridized carbons (Fsp3) is 0.222. The van der Waals surface area contributed by atoms with E-state index in [-0.39, 0.29) is 17.4 Å².